The number of aryl methyl sites for hydroxylation is 1. The molecular weight excluding hydrogens is 310 g/mol. The van der Waals surface area contributed by atoms with Crippen LogP contribution in [0, 0.1) is 0 Å². The van der Waals surface area contributed by atoms with E-state index in [0.717, 1.165) is 45.1 Å². The lowest BCUT2D eigenvalue weighted by Crippen LogP contribution is -2.36. The molecule has 0 unspecified atom stereocenters. The number of likely N-dealkylation sites (N-methyl/N-ethyl adjacent to an activating group) is 1. The first kappa shape index (κ1) is 16.6. The third kappa shape index (κ3) is 4.17. The third-order valence-corrected chi connectivity index (χ3v) is 4.90. The van der Waals surface area contributed by atoms with E-state index >= 15 is 0 Å². The molecule has 6 nitrogen and oxygen atoms in total. The van der Waals surface area contributed by atoms with Gasteiger partial charge in [-0.3, -0.25) is 9.58 Å². The van der Waals surface area contributed by atoms with Gasteiger partial charge in [-0.05, 0) is 36.5 Å². The Morgan fingerprint density at radius 1 is 1.43 bits per heavy atom. The Balaban J connectivity index is 1.65. The number of aromatic nitrogens is 3. The van der Waals surface area contributed by atoms with E-state index in [2.05, 4.69) is 51.0 Å². The van der Waals surface area contributed by atoms with Crippen molar-refractivity contribution in [3.63, 3.8) is 0 Å². The van der Waals surface area contributed by atoms with Gasteiger partial charge < -0.3 is 9.64 Å². The molecule has 3 heterocycles. The van der Waals surface area contributed by atoms with Gasteiger partial charge in [0.25, 0.3) is 0 Å². The smallest absolute Gasteiger partial charge is 0.100 e. The van der Waals surface area contributed by atoms with Gasteiger partial charge in [-0.2, -0.15) is 11.3 Å². The fraction of sp³-hybridized carbons (Fsp3) is 0.625. The number of rotatable bonds is 7. The number of ether oxygens (including phenoxy) is 1. The quantitative estimate of drug-likeness (QED) is 0.719. The van der Waals surface area contributed by atoms with Crippen molar-refractivity contribution in [1.29, 1.82) is 0 Å². The Morgan fingerprint density at radius 3 is 3.04 bits per heavy atom. The van der Waals surface area contributed by atoms with Crippen LogP contribution in [0.3, 0.4) is 0 Å². The molecule has 0 bridgehead atoms. The van der Waals surface area contributed by atoms with Crippen LogP contribution in [0.15, 0.2) is 16.8 Å². The fourth-order valence-electron chi connectivity index (χ4n) is 3.06. The van der Waals surface area contributed by atoms with Gasteiger partial charge in [-0.1, -0.05) is 5.21 Å². The molecule has 0 aliphatic carbocycles. The zero-order valence-electron chi connectivity index (χ0n) is 14.1. The SMILES string of the molecule is CN(C)CCOC[C@@H]1CN(Cc2ccsc2)Cc2nnn(C)c21. The normalized spacial score (nSPS) is 18.5. The van der Waals surface area contributed by atoms with E-state index in [4.69, 9.17) is 4.74 Å². The molecule has 0 spiro atoms. The van der Waals surface area contributed by atoms with Crippen LogP contribution in [0.2, 0.25) is 0 Å². The summed E-state index contributed by atoms with van der Waals surface area (Å²) in [5.41, 5.74) is 3.70. The van der Waals surface area contributed by atoms with Crippen molar-refractivity contribution in [3.8, 4) is 0 Å². The second-order valence-electron chi connectivity index (χ2n) is 6.42. The molecule has 0 radical (unpaired) electrons. The van der Waals surface area contributed by atoms with Crippen molar-refractivity contribution in [2.75, 3.05) is 40.4 Å². The summed E-state index contributed by atoms with van der Waals surface area (Å²) < 4.78 is 7.83. The molecule has 0 N–H and O–H groups in total. The molecule has 1 aliphatic heterocycles. The van der Waals surface area contributed by atoms with Crippen LogP contribution >= 0.6 is 11.3 Å². The predicted molar refractivity (Wildman–Crippen MR) is 91.6 cm³/mol. The average molecular weight is 335 g/mol. The summed E-state index contributed by atoms with van der Waals surface area (Å²) in [4.78, 5) is 4.58. The summed E-state index contributed by atoms with van der Waals surface area (Å²) in [5.74, 6) is 0.333. The second-order valence-corrected chi connectivity index (χ2v) is 7.20. The molecule has 1 aliphatic rings. The van der Waals surface area contributed by atoms with Crippen LogP contribution in [-0.2, 0) is 24.9 Å². The molecule has 2 aromatic heterocycles. The van der Waals surface area contributed by atoms with Gasteiger partial charge in [0.1, 0.15) is 5.69 Å². The molecule has 1 atom stereocenters. The van der Waals surface area contributed by atoms with Gasteiger partial charge in [0, 0.05) is 39.1 Å². The monoisotopic (exact) mass is 335 g/mol. The molecule has 23 heavy (non-hydrogen) atoms. The molecule has 0 aromatic carbocycles. The zero-order valence-corrected chi connectivity index (χ0v) is 14.9. The number of fused-ring (bicyclic) bond motifs is 1. The first-order chi connectivity index (χ1) is 11.1. The molecular formula is C16H25N5OS. The van der Waals surface area contributed by atoms with E-state index < -0.39 is 0 Å². The molecule has 126 valence electrons. The average Bonchev–Trinajstić information content (AvgIpc) is 3.14. The first-order valence-electron chi connectivity index (χ1n) is 7.98. The van der Waals surface area contributed by atoms with Crippen molar-refractivity contribution < 1.29 is 4.74 Å². The van der Waals surface area contributed by atoms with Gasteiger partial charge in [0.05, 0.1) is 18.9 Å². The summed E-state index contributed by atoms with van der Waals surface area (Å²) in [5, 5.41) is 12.9. The highest BCUT2D eigenvalue weighted by Crippen LogP contribution is 2.28. The summed E-state index contributed by atoms with van der Waals surface area (Å²) >= 11 is 1.75. The largest absolute Gasteiger partial charge is 0.379 e. The molecule has 0 saturated heterocycles. The van der Waals surface area contributed by atoms with Crippen molar-refractivity contribution in [1.82, 2.24) is 24.8 Å². The number of hydrogen-bond acceptors (Lipinski definition) is 6. The van der Waals surface area contributed by atoms with E-state index in [0.29, 0.717) is 5.92 Å². The molecule has 0 saturated carbocycles. The van der Waals surface area contributed by atoms with E-state index in [-0.39, 0.29) is 0 Å². The fourth-order valence-corrected chi connectivity index (χ4v) is 3.72. The highest BCUT2D eigenvalue weighted by Gasteiger charge is 2.30. The number of nitrogens with zero attached hydrogens (tertiary/aromatic N) is 5. The minimum atomic E-state index is 0.333. The van der Waals surface area contributed by atoms with Gasteiger partial charge >= 0.3 is 0 Å². The predicted octanol–water partition coefficient (Wildman–Crippen LogP) is 1.55. The lowest BCUT2D eigenvalue weighted by Gasteiger charge is -2.32. The Bertz CT molecular complexity index is 610. The van der Waals surface area contributed by atoms with Crippen LogP contribution in [0.4, 0.5) is 0 Å². The van der Waals surface area contributed by atoms with E-state index in [1.165, 1.54) is 11.3 Å². The number of thiophene rings is 1. The van der Waals surface area contributed by atoms with Gasteiger partial charge in [0.15, 0.2) is 0 Å². The molecule has 0 fully saturated rings. The van der Waals surface area contributed by atoms with Crippen LogP contribution in [0.5, 0.6) is 0 Å². The maximum atomic E-state index is 5.91. The van der Waals surface area contributed by atoms with Crippen LogP contribution < -0.4 is 0 Å². The summed E-state index contributed by atoms with van der Waals surface area (Å²) in [6.07, 6.45) is 0. The van der Waals surface area contributed by atoms with Gasteiger partial charge in [-0.25, -0.2) is 0 Å². The lowest BCUT2D eigenvalue weighted by atomic mass is 9.98. The number of hydrogen-bond donors (Lipinski definition) is 0. The Hall–Kier alpha value is -1.28. The minimum Gasteiger partial charge on any atom is -0.379 e. The molecule has 3 rings (SSSR count). The maximum Gasteiger partial charge on any atom is 0.100 e. The molecule has 0 amide bonds. The summed E-state index contributed by atoms with van der Waals surface area (Å²) in [6.45, 7) is 5.26. The highest BCUT2D eigenvalue weighted by molar-refractivity contribution is 7.07. The van der Waals surface area contributed by atoms with Crippen molar-refractivity contribution in [2.24, 2.45) is 7.05 Å². The standard InChI is InChI=1S/C16H25N5OS/c1-19(2)5-6-22-11-14-9-21(8-13-4-7-23-12-13)10-15-16(14)20(3)18-17-15/h4,7,12,14H,5-6,8-11H2,1-3H3/t14-/m0/s1. The van der Waals surface area contributed by atoms with Crippen LogP contribution in [0.1, 0.15) is 22.9 Å². The maximum absolute atomic E-state index is 5.91. The molecule has 2 aromatic rings. The van der Waals surface area contributed by atoms with Crippen LogP contribution in [-0.4, -0.2) is 65.2 Å². The van der Waals surface area contributed by atoms with Crippen molar-refractivity contribution in [3.05, 3.63) is 33.8 Å². The van der Waals surface area contributed by atoms with E-state index in [9.17, 15) is 0 Å². The Morgan fingerprint density at radius 2 is 2.30 bits per heavy atom. The van der Waals surface area contributed by atoms with Gasteiger partial charge in [0.2, 0.25) is 0 Å². The first-order valence-corrected chi connectivity index (χ1v) is 8.92. The molecule has 7 heteroatoms. The Kier molecular flexibility index (Phi) is 5.42. The van der Waals surface area contributed by atoms with Crippen molar-refractivity contribution >= 4 is 11.3 Å². The van der Waals surface area contributed by atoms with Crippen LogP contribution in [0.25, 0.3) is 0 Å². The highest BCUT2D eigenvalue weighted by atomic mass is 32.1. The third-order valence-electron chi connectivity index (χ3n) is 4.17. The summed E-state index contributed by atoms with van der Waals surface area (Å²) in [6, 6.07) is 2.19. The lowest BCUT2D eigenvalue weighted by molar-refractivity contribution is 0.0835. The Labute approximate surface area is 141 Å². The summed E-state index contributed by atoms with van der Waals surface area (Å²) in [7, 11) is 6.11. The zero-order chi connectivity index (χ0) is 16.2. The van der Waals surface area contributed by atoms with Gasteiger partial charge in [-0.15, -0.1) is 5.10 Å². The van der Waals surface area contributed by atoms with E-state index in [1.807, 2.05) is 11.7 Å². The van der Waals surface area contributed by atoms with Crippen molar-refractivity contribution in [2.45, 2.75) is 19.0 Å². The minimum absolute atomic E-state index is 0.333. The topological polar surface area (TPSA) is 46.4 Å². The second kappa shape index (κ2) is 7.53. The van der Waals surface area contributed by atoms with E-state index in [1.54, 1.807) is 11.3 Å².